The standard InChI is InChI=1S/C7H6F3N3OS/c1-2-4(14)11-3-5-12-13-6(15-5)7(8,9)10/h2H,1,3H2,(H,11,14). The molecule has 0 aliphatic carbocycles. The predicted octanol–water partition coefficient (Wildman–Crippen LogP) is 1.36. The lowest BCUT2D eigenvalue weighted by Gasteiger charge is -1.98. The minimum absolute atomic E-state index is 0.0847. The molecule has 4 nitrogen and oxygen atoms in total. The number of amides is 1. The van der Waals surface area contributed by atoms with Crippen LogP contribution < -0.4 is 5.32 Å². The van der Waals surface area contributed by atoms with Crippen molar-refractivity contribution in [2.75, 3.05) is 0 Å². The van der Waals surface area contributed by atoms with Gasteiger partial charge in [-0.15, -0.1) is 10.2 Å². The van der Waals surface area contributed by atoms with Gasteiger partial charge in [0.1, 0.15) is 5.01 Å². The Bertz CT molecular complexity index is 374. The van der Waals surface area contributed by atoms with Crippen molar-refractivity contribution in [1.82, 2.24) is 15.5 Å². The number of hydrogen-bond donors (Lipinski definition) is 1. The van der Waals surface area contributed by atoms with Crippen LogP contribution in [0.1, 0.15) is 10.0 Å². The minimum atomic E-state index is -4.49. The third-order valence-electron chi connectivity index (χ3n) is 1.31. The van der Waals surface area contributed by atoms with Crippen LogP contribution >= 0.6 is 11.3 Å². The van der Waals surface area contributed by atoms with Crippen molar-refractivity contribution in [3.8, 4) is 0 Å². The van der Waals surface area contributed by atoms with E-state index >= 15 is 0 Å². The lowest BCUT2D eigenvalue weighted by atomic mass is 10.5. The van der Waals surface area contributed by atoms with Gasteiger partial charge in [0.25, 0.3) is 0 Å². The van der Waals surface area contributed by atoms with Gasteiger partial charge in [-0.2, -0.15) is 13.2 Å². The second kappa shape index (κ2) is 4.39. The highest BCUT2D eigenvalue weighted by molar-refractivity contribution is 7.11. The maximum Gasteiger partial charge on any atom is 0.445 e. The first-order chi connectivity index (χ1) is 6.93. The quantitative estimate of drug-likeness (QED) is 0.807. The molecule has 0 radical (unpaired) electrons. The van der Waals surface area contributed by atoms with Crippen LogP contribution in [0.4, 0.5) is 13.2 Å². The third kappa shape index (κ3) is 3.31. The molecular weight excluding hydrogens is 231 g/mol. The summed E-state index contributed by atoms with van der Waals surface area (Å²) in [5.74, 6) is -0.473. The number of rotatable bonds is 3. The molecule has 1 amide bonds. The van der Waals surface area contributed by atoms with Crippen LogP contribution in [-0.2, 0) is 17.5 Å². The molecule has 0 saturated heterocycles. The Morgan fingerprint density at radius 3 is 2.67 bits per heavy atom. The van der Waals surface area contributed by atoms with Crippen LogP contribution in [0.15, 0.2) is 12.7 Å². The largest absolute Gasteiger partial charge is 0.445 e. The first-order valence-corrected chi connectivity index (χ1v) is 4.55. The maximum atomic E-state index is 12.1. The van der Waals surface area contributed by atoms with E-state index in [2.05, 4.69) is 22.1 Å². The smallest absolute Gasteiger partial charge is 0.346 e. The van der Waals surface area contributed by atoms with E-state index < -0.39 is 17.1 Å². The highest BCUT2D eigenvalue weighted by atomic mass is 32.1. The predicted molar refractivity (Wildman–Crippen MR) is 47.0 cm³/mol. The summed E-state index contributed by atoms with van der Waals surface area (Å²) in [5, 5.41) is 7.62. The van der Waals surface area contributed by atoms with Crippen molar-refractivity contribution in [2.24, 2.45) is 0 Å². The van der Waals surface area contributed by atoms with Crippen LogP contribution in [0.3, 0.4) is 0 Å². The van der Waals surface area contributed by atoms with Crippen LogP contribution in [0.2, 0.25) is 0 Å². The molecule has 0 aliphatic rings. The van der Waals surface area contributed by atoms with E-state index in [1.165, 1.54) is 0 Å². The van der Waals surface area contributed by atoms with Gasteiger partial charge in [0, 0.05) is 0 Å². The second-order valence-electron chi connectivity index (χ2n) is 2.42. The number of nitrogens with one attached hydrogen (secondary N) is 1. The SMILES string of the molecule is C=CC(=O)NCc1nnc(C(F)(F)F)s1. The van der Waals surface area contributed by atoms with Crippen molar-refractivity contribution in [3.63, 3.8) is 0 Å². The average molecular weight is 237 g/mol. The van der Waals surface area contributed by atoms with Gasteiger partial charge in [0.2, 0.25) is 10.9 Å². The molecule has 0 aromatic carbocycles. The van der Waals surface area contributed by atoms with Gasteiger partial charge in [-0.3, -0.25) is 4.79 Å². The summed E-state index contributed by atoms with van der Waals surface area (Å²) in [6.45, 7) is 3.11. The molecule has 0 spiro atoms. The molecule has 1 heterocycles. The lowest BCUT2D eigenvalue weighted by molar-refractivity contribution is -0.138. The zero-order chi connectivity index (χ0) is 11.5. The number of carbonyl (C=O) groups excluding carboxylic acids is 1. The Kier molecular flexibility index (Phi) is 3.40. The van der Waals surface area contributed by atoms with E-state index in [9.17, 15) is 18.0 Å². The molecule has 0 aliphatic heterocycles. The number of carbonyl (C=O) groups is 1. The van der Waals surface area contributed by atoms with Gasteiger partial charge < -0.3 is 5.32 Å². The number of nitrogens with zero attached hydrogens (tertiary/aromatic N) is 2. The molecule has 8 heteroatoms. The van der Waals surface area contributed by atoms with Crippen LogP contribution in [-0.4, -0.2) is 16.1 Å². The van der Waals surface area contributed by atoms with Crippen LogP contribution in [0, 0.1) is 0 Å². The maximum absolute atomic E-state index is 12.1. The zero-order valence-electron chi connectivity index (χ0n) is 7.34. The highest BCUT2D eigenvalue weighted by Crippen LogP contribution is 2.31. The number of aromatic nitrogens is 2. The van der Waals surface area contributed by atoms with Crippen LogP contribution in [0.5, 0.6) is 0 Å². The van der Waals surface area contributed by atoms with Gasteiger partial charge in [-0.1, -0.05) is 17.9 Å². The number of alkyl halides is 3. The van der Waals surface area contributed by atoms with Gasteiger partial charge >= 0.3 is 6.18 Å². The first kappa shape index (κ1) is 11.6. The van der Waals surface area contributed by atoms with E-state index in [4.69, 9.17) is 0 Å². The average Bonchev–Trinajstić information content (AvgIpc) is 2.61. The van der Waals surface area contributed by atoms with Crippen molar-refractivity contribution >= 4 is 17.2 Å². The molecule has 1 aromatic heterocycles. The Labute approximate surface area is 86.8 Å². The zero-order valence-corrected chi connectivity index (χ0v) is 8.15. The molecule has 82 valence electrons. The molecule has 0 saturated carbocycles. The van der Waals surface area contributed by atoms with Gasteiger partial charge in [0.05, 0.1) is 6.54 Å². The second-order valence-corrected chi connectivity index (χ2v) is 3.48. The van der Waals surface area contributed by atoms with E-state index in [1.54, 1.807) is 0 Å². The summed E-state index contributed by atoms with van der Waals surface area (Å²) < 4.78 is 36.2. The molecule has 1 aromatic rings. The molecule has 15 heavy (non-hydrogen) atoms. The Morgan fingerprint density at radius 2 is 2.20 bits per heavy atom. The monoisotopic (exact) mass is 237 g/mol. The summed E-state index contributed by atoms with van der Waals surface area (Å²) >= 11 is 0.396. The summed E-state index contributed by atoms with van der Waals surface area (Å²) in [7, 11) is 0. The third-order valence-corrected chi connectivity index (χ3v) is 2.28. The normalized spacial score (nSPS) is 11.1. The fraction of sp³-hybridized carbons (Fsp3) is 0.286. The Morgan fingerprint density at radius 1 is 1.53 bits per heavy atom. The fourth-order valence-corrected chi connectivity index (χ4v) is 1.32. The molecule has 0 unspecified atom stereocenters. The Balaban J connectivity index is 2.61. The van der Waals surface area contributed by atoms with E-state index in [-0.39, 0.29) is 11.6 Å². The number of halogens is 3. The first-order valence-electron chi connectivity index (χ1n) is 3.73. The molecule has 0 atom stereocenters. The van der Waals surface area contributed by atoms with E-state index in [0.717, 1.165) is 6.08 Å². The Hall–Kier alpha value is -1.44. The van der Waals surface area contributed by atoms with Crippen molar-refractivity contribution in [3.05, 3.63) is 22.7 Å². The summed E-state index contributed by atoms with van der Waals surface area (Å²) in [4.78, 5) is 10.7. The topological polar surface area (TPSA) is 54.9 Å². The molecule has 0 fully saturated rings. The van der Waals surface area contributed by atoms with Crippen molar-refractivity contribution in [2.45, 2.75) is 12.7 Å². The van der Waals surface area contributed by atoms with E-state index in [1.807, 2.05) is 0 Å². The number of hydrogen-bond acceptors (Lipinski definition) is 4. The minimum Gasteiger partial charge on any atom is -0.346 e. The summed E-state index contributed by atoms with van der Waals surface area (Å²) in [6.07, 6.45) is -3.47. The van der Waals surface area contributed by atoms with Crippen molar-refractivity contribution < 1.29 is 18.0 Å². The summed E-state index contributed by atoms with van der Waals surface area (Å²) in [6, 6.07) is 0. The van der Waals surface area contributed by atoms with Gasteiger partial charge in [-0.05, 0) is 6.08 Å². The summed E-state index contributed by atoms with van der Waals surface area (Å²) in [5.41, 5.74) is 0. The molecule has 1 N–H and O–H groups in total. The van der Waals surface area contributed by atoms with Gasteiger partial charge in [0.15, 0.2) is 0 Å². The molecule has 1 rings (SSSR count). The van der Waals surface area contributed by atoms with E-state index in [0.29, 0.717) is 11.3 Å². The highest BCUT2D eigenvalue weighted by Gasteiger charge is 2.35. The van der Waals surface area contributed by atoms with Crippen LogP contribution in [0.25, 0.3) is 0 Å². The molecule has 0 bridgehead atoms. The fourth-order valence-electron chi connectivity index (χ4n) is 0.674. The van der Waals surface area contributed by atoms with Gasteiger partial charge in [-0.25, -0.2) is 0 Å². The van der Waals surface area contributed by atoms with Crippen molar-refractivity contribution in [1.29, 1.82) is 0 Å². The lowest BCUT2D eigenvalue weighted by Crippen LogP contribution is -2.19. The molecular formula is C7H6F3N3OS.